The summed E-state index contributed by atoms with van der Waals surface area (Å²) in [6.07, 6.45) is -8.78. The molecule has 1 fully saturated rings. The van der Waals surface area contributed by atoms with Crippen LogP contribution in [0.3, 0.4) is 0 Å². The Hall–Kier alpha value is -2.14. The Kier molecular flexibility index (Phi) is 11.0. The van der Waals surface area contributed by atoms with E-state index in [0.717, 1.165) is 24.3 Å². The van der Waals surface area contributed by atoms with Crippen LogP contribution in [0.5, 0.6) is 0 Å². The molecule has 0 heterocycles. The molecule has 0 spiro atoms. The largest absolute Gasteiger partial charge is 0.411 e. The number of benzene rings is 2. The standard InChI is InChI=1S/C17H8Cl2F6O2.C8H10Cl2O2/c18-13(26)9-1-5-11(6-2-9)15(16(20,21)22,17(23,24)25)12-7-3-10(4-8-12)14(19)27;9-7(11)5-1-2-6(4-3-5)8(10)12/h1-8H;5-6H,1-4H2. The van der Waals surface area contributed by atoms with Gasteiger partial charge in [0, 0.05) is 23.0 Å². The van der Waals surface area contributed by atoms with Crippen molar-refractivity contribution in [3.63, 3.8) is 0 Å². The number of hydrogen-bond acceptors (Lipinski definition) is 4. The molecule has 1 aliphatic rings. The molecule has 212 valence electrons. The lowest BCUT2D eigenvalue weighted by Crippen LogP contribution is -2.54. The highest BCUT2D eigenvalue weighted by Gasteiger charge is 2.72. The van der Waals surface area contributed by atoms with Crippen molar-refractivity contribution in [2.75, 3.05) is 0 Å². The van der Waals surface area contributed by atoms with Crippen LogP contribution in [-0.2, 0) is 15.0 Å². The third-order valence-corrected chi connectivity index (χ3v) is 7.36. The van der Waals surface area contributed by atoms with Crippen LogP contribution in [-0.4, -0.2) is 33.3 Å². The molecule has 0 aliphatic heterocycles. The summed E-state index contributed by atoms with van der Waals surface area (Å²) in [6.45, 7) is 0. The third kappa shape index (κ3) is 7.54. The minimum atomic E-state index is -5.79. The van der Waals surface area contributed by atoms with E-state index in [4.69, 9.17) is 46.4 Å². The molecule has 0 saturated heterocycles. The number of halogens is 10. The third-order valence-electron chi connectivity index (χ3n) is 6.31. The number of rotatable bonds is 6. The molecule has 0 aromatic heterocycles. The van der Waals surface area contributed by atoms with Gasteiger partial charge in [-0.3, -0.25) is 19.2 Å². The lowest BCUT2D eigenvalue weighted by Gasteiger charge is -2.38. The monoisotopic (exact) mass is 636 g/mol. The van der Waals surface area contributed by atoms with Gasteiger partial charge in [0.25, 0.3) is 10.5 Å². The van der Waals surface area contributed by atoms with Gasteiger partial charge in [-0.1, -0.05) is 24.3 Å². The van der Waals surface area contributed by atoms with Crippen LogP contribution in [0.4, 0.5) is 26.3 Å². The molecule has 0 atom stereocenters. The first kappa shape index (κ1) is 33.1. The Morgan fingerprint density at radius 3 is 0.974 bits per heavy atom. The van der Waals surface area contributed by atoms with E-state index >= 15 is 0 Å². The summed E-state index contributed by atoms with van der Waals surface area (Å²) < 4.78 is 83.1. The summed E-state index contributed by atoms with van der Waals surface area (Å²) in [6, 6.07) is 5.24. The molecular formula is C25H18Cl4F6O4. The van der Waals surface area contributed by atoms with Crippen molar-refractivity contribution < 1.29 is 45.5 Å². The lowest BCUT2D eigenvalue weighted by molar-refractivity contribution is -0.288. The zero-order chi connectivity index (χ0) is 29.8. The van der Waals surface area contributed by atoms with E-state index in [2.05, 4.69) is 0 Å². The fourth-order valence-electron chi connectivity index (χ4n) is 4.23. The van der Waals surface area contributed by atoms with E-state index in [-0.39, 0.29) is 33.4 Å². The molecule has 1 saturated carbocycles. The summed E-state index contributed by atoms with van der Waals surface area (Å²) in [5.41, 5.74) is -7.23. The second-order valence-corrected chi connectivity index (χ2v) is 10.0. The van der Waals surface area contributed by atoms with Crippen molar-refractivity contribution in [3.05, 3.63) is 70.8 Å². The van der Waals surface area contributed by atoms with Crippen molar-refractivity contribution in [2.24, 2.45) is 11.8 Å². The Bertz CT molecular complexity index is 1110. The number of carbonyl (C=O) groups excluding carboxylic acids is 4. The average molecular weight is 638 g/mol. The normalized spacial score (nSPS) is 18.0. The first-order valence-electron chi connectivity index (χ1n) is 11.1. The first-order valence-corrected chi connectivity index (χ1v) is 12.6. The maximum atomic E-state index is 13.9. The van der Waals surface area contributed by atoms with E-state index in [1.165, 1.54) is 0 Å². The summed E-state index contributed by atoms with van der Waals surface area (Å²) in [7, 11) is 0. The van der Waals surface area contributed by atoms with E-state index in [9.17, 15) is 45.5 Å². The zero-order valence-electron chi connectivity index (χ0n) is 19.5. The zero-order valence-corrected chi connectivity index (χ0v) is 22.5. The first-order chi connectivity index (χ1) is 17.9. The van der Waals surface area contributed by atoms with Crippen LogP contribution in [0.15, 0.2) is 48.5 Å². The molecule has 2 aromatic rings. The minimum absolute atomic E-state index is 0.0565. The Morgan fingerprint density at radius 2 is 0.795 bits per heavy atom. The maximum absolute atomic E-state index is 13.9. The number of alkyl halides is 6. The molecule has 0 radical (unpaired) electrons. The van der Waals surface area contributed by atoms with Gasteiger partial charge in [0.05, 0.1) is 0 Å². The van der Waals surface area contributed by atoms with E-state index in [1.807, 2.05) is 0 Å². The van der Waals surface area contributed by atoms with Crippen LogP contribution in [0.2, 0.25) is 0 Å². The van der Waals surface area contributed by atoms with Crippen molar-refractivity contribution in [3.8, 4) is 0 Å². The second-order valence-electron chi connectivity index (χ2n) is 8.60. The summed E-state index contributed by atoms with van der Waals surface area (Å²) in [5.74, 6) is -0.113. The summed E-state index contributed by atoms with van der Waals surface area (Å²) in [5, 5.41) is -2.63. The van der Waals surface area contributed by atoms with E-state index in [1.54, 1.807) is 0 Å². The predicted molar refractivity (Wildman–Crippen MR) is 133 cm³/mol. The highest BCUT2D eigenvalue weighted by Crippen LogP contribution is 2.56. The molecule has 4 nitrogen and oxygen atoms in total. The minimum Gasteiger partial charge on any atom is -0.281 e. The van der Waals surface area contributed by atoms with Crippen LogP contribution in [0.25, 0.3) is 0 Å². The van der Waals surface area contributed by atoms with Crippen molar-refractivity contribution in [1.29, 1.82) is 0 Å². The van der Waals surface area contributed by atoms with Gasteiger partial charge in [-0.25, -0.2) is 0 Å². The average Bonchev–Trinajstić information content (AvgIpc) is 2.83. The Labute approximate surface area is 238 Å². The van der Waals surface area contributed by atoms with Gasteiger partial charge in [0.1, 0.15) is 0 Å². The Morgan fingerprint density at radius 1 is 0.538 bits per heavy atom. The molecule has 2 aromatic carbocycles. The maximum Gasteiger partial charge on any atom is 0.411 e. The molecule has 0 unspecified atom stereocenters. The fourth-order valence-corrected chi connectivity index (χ4v) is 4.92. The highest BCUT2D eigenvalue weighted by atomic mass is 35.5. The molecule has 3 rings (SSSR count). The van der Waals surface area contributed by atoms with Gasteiger partial charge in [-0.05, 0) is 107 Å². The van der Waals surface area contributed by atoms with E-state index in [0.29, 0.717) is 49.9 Å². The van der Waals surface area contributed by atoms with E-state index < -0.39 is 39.4 Å². The van der Waals surface area contributed by atoms with Crippen LogP contribution in [0.1, 0.15) is 57.5 Å². The Balaban J connectivity index is 0.000000370. The van der Waals surface area contributed by atoms with Crippen molar-refractivity contribution in [1.82, 2.24) is 0 Å². The van der Waals surface area contributed by atoms with Crippen LogP contribution < -0.4 is 0 Å². The number of carbonyl (C=O) groups is 4. The summed E-state index contributed by atoms with van der Waals surface area (Å²) in [4.78, 5) is 43.5. The molecule has 0 amide bonds. The van der Waals surface area contributed by atoms with Gasteiger partial charge < -0.3 is 0 Å². The molecule has 39 heavy (non-hydrogen) atoms. The van der Waals surface area contributed by atoms with Gasteiger partial charge in [0.15, 0.2) is 0 Å². The molecule has 1 aliphatic carbocycles. The smallest absolute Gasteiger partial charge is 0.281 e. The fraction of sp³-hybridized carbons (Fsp3) is 0.360. The number of hydrogen-bond donors (Lipinski definition) is 0. The highest BCUT2D eigenvalue weighted by molar-refractivity contribution is 6.68. The van der Waals surface area contributed by atoms with Crippen molar-refractivity contribution in [2.45, 2.75) is 43.5 Å². The van der Waals surface area contributed by atoms with Gasteiger partial charge >= 0.3 is 12.4 Å². The second kappa shape index (κ2) is 13.0. The molecule has 0 N–H and O–H groups in total. The lowest BCUT2D eigenvalue weighted by atomic mass is 9.72. The van der Waals surface area contributed by atoms with Crippen LogP contribution in [0, 0.1) is 11.8 Å². The van der Waals surface area contributed by atoms with Gasteiger partial charge in [-0.15, -0.1) is 0 Å². The predicted octanol–water partition coefficient (Wildman–Crippen LogP) is 8.18. The summed E-state index contributed by atoms with van der Waals surface area (Å²) >= 11 is 21.0. The van der Waals surface area contributed by atoms with Gasteiger partial charge in [0.2, 0.25) is 15.9 Å². The quantitative estimate of drug-likeness (QED) is 0.237. The van der Waals surface area contributed by atoms with Crippen molar-refractivity contribution >= 4 is 67.4 Å². The SMILES string of the molecule is O=C(Cl)C1CCC(C(=O)Cl)CC1.O=C(Cl)c1ccc(C(c2ccc(C(=O)Cl)cc2)(C(F)(F)F)C(F)(F)F)cc1. The molecular weight excluding hydrogens is 620 g/mol. The van der Waals surface area contributed by atoms with Crippen LogP contribution >= 0.6 is 46.4 Å². The molecule has 0 bridgehead atoms. The molecule has 14 heteroatoms. The van der Waals surface area contributed by atoms with Gasteiger partial charge in [-0.2, -0.15) is 26.3 Å². The topological polar surface area (TPSA) is 68.3 Å².